The molecule has 1 unspecified atom stereocenters. The third-order valence-corrected chi connectivity index (χ3v) is 2.95. The van der Waals surface area contributed by atoms with Gasteiger partial charge in [-0.25, -0.2) is 0 Å². The Morgan fingerprint density at radius 2 is 2.26 bits per heavy atom. The summed E-state index contributed by atoms with van der Waals surface area (Å²) in [6, 6.07) is 5.62. The summed E-state index contributed by atoms with van der Waals surface area (Å²) in [5, 5.41) is 11.3. The van der Waals surface area contributed by atoms with Crippen molar-refractivity contribution < 1.29 is 19.4 Å². The zero-order valence-corrected chi connectivity index (χ0v) is 11.2. The van der Waals surface area contributed by atoms with Crippen LogP contribution in [-0.2, 0) is 16.0 Å². The predicted octanol–water partition coefficient (Wildman–Crippen LogP) is 1.53. The van der Waals surface area contributed by atoms with E-state index in [1.165, 1.54) is 0 Å². The number of carbonyl (C=O) groups is 2. The van der Waals surface area contributed by atoms with Crippen LogP contribution in [0.5, 0.6) is 5.75 Å². The fourth-order valence-corrected chi connectivity index (χ4v) is 1.99. The van der Waals surface area contributed by atoms with E-state index in [1.54, 1.807) is 7.11 Å². The highest BCUT2D eigenvalue weighted by Crippen LogP contribution is 2.19. The van der Waals surface area contributed by atoms with Gasteiger partial charge < -0.3 is 15.2 Å². The molecule has 104 valence electrons. The first-order valence-corrected chi connectivity index (χ1v) is 6.11. The second kappa shape index (κ2) is 7.41. The Morgan fingerprint density at radius 1 is 1.53 bits per heavy atom. The second-order valence-corrected chi connectivity index (χ2v) is 4.42. The lowest BCUT2D eigenvalue weighted by Gasteiger charge is -2.16. The SMILES string of the molecule is COc1ccc(CC(CCC(=O)O)NC=O)cc1C. The summed E-state index contributed by atoms with van der Waals surface area (Å²) < 4.78 is 5.18. The van der Waals surface area contributed by atoms with E-state index < -0.39 is 5.97 Å². The van der Waals surface area contributed by atoms with Crippen LogP contribution in [-0.4, -0.2) is 30.6 Å². The molecule has 0 fully saturated rings. The lowest BCUT2D eigenvalue weighted by Crippen LogP contribution is -2.30. The van der Waals surface area contributed by atoms with Crippen molar-refractivity contribution in [2.24, 2.45) is 0 Å². The topological polar surface area (TPSA) is 75.6 Å². The summed E-state index contributed by atoms with van der Waals surface area (Å²) in [6.07, 6.45) is 1.68. The highest BCUT2D eigenvalue weighted by atomic mass is 16.5. The van der Waals surface area contributed by atoms with Crippen LogP contribution in [0.15, 0.2) is 18.2 Å². The molecule has 1 rings (SSSR count). The van der Waals surface area contributed by atoms with Crippen molar-refractivity contribution in [1.29, 1.82) is 0 Å². The van der Waals surface area contributed by atoms with Crippen LogP contribution < -0.4 is 10.1 Å². The maximum atomic E-state index is 10.6. The molecule has 5 heteroatoms. The molecule has 5 nitrogen and oxygen atoms in total. The summed E-state index contributed by atoms with van der Waals surface area (Å²) in [5.41, 5.74) is 2.06. The van der Waals surface area contributed by atoms with Crippen molar-refractivity contribution in [2.45, 2.75) is 32.2 Å². The van der Waals surface area contributed by atoms with Crippen molar-refractivity contribution in [3.05, 3.63) is 29.3 Å². The number of rotatable bonds is 8. The lowest BCUT2D eigenvalue weighted by molar-refractivity contribution is -0.137. The Labute approximate surface area is 112 Å². The Balaban J connectivity index is 2.69. The minimum atomic E-state index is -0.858. The van der Waals surface area contributed by atoms with Crippen molar-refractivity contribution in [2.75, 3.05) is 7.11 Å². The van der Waals surface area contributed by atoms with Gasteiger partial charge >= 0.3 is 5.97 Å². The monoisotopic (exact) mass is 265 g/mol. The molecule has 0 spiro atoms. The Kier molecular flexibility index (Phi) is 5.85. The van der Waals surface area contributed by atoms with Gasteiger partial charge in [0, 0.05) is 12.5 Å². The summed E-state index contributed by atoms with van der Waals surface area (Å²) in [5.74, 6) is -0.0437. The average molecular weight is 265 g/mol. The van der Waals surface area contributed by atoms with Crippen LogP contribution in [0.1, 0.15) is 24.0 Å². The van der Waals surface area contributed by atoms with E-state index in [0.29, 0.717) is 19.3 Å². The number of benzene rings is 1. The third-order valence-electron chi connectivity index (χ3n) is 2.95. The minimum absolute atomic E-state index is 0.0423. The number of aryl methyl sites for hydroxylation is 1. The number of carboxylic acid groups (broad SMARTS) is 1. The standard InChI is InChI=1S/C14H19NO4/c1-10-7-11(3-5-13(10)19-2)8-12(15-9-16)4-6-14(17)18/h3,5,7,9,12H,4,6,8H2,1-2H3,(H,15,16)(H,17,18). The molecule has 0 aliphatic carbocycles. The lowest BCUT2D eigenvalue weighted by atomic mass is 10.00. The second-order valence-electron chi connectivity index (χ2n) is 4.42. The van der Waals surface area contributed by atoms with Gasteiger partial charge in [0.05, 0.1) is 7.11 Å². The van der Waals surface area contributed by atoms with Gasteiger partial charge in [0.25, 0.3) is 0 Å². The van der Waals surface area contributed by atoms with E-state index in [2.05, 4.69) is 5.32 Å². The van der Waals surface area contributed by atoms with Gasteiger partial charge in [-0.1, -0.05) is 12.1 Å². The van der Waals surface area contributed by atoms with E-state index >= 15 is 0 Å². The zero-order chi connectivity index (χ0) is 14.3. The van der Waals surface area contributed by atoms with Crippen LogP contribution in [0.4, 0.5) is 0 Å². The summed E-state index contributed by atoms with van der Waals surface area (Å²) in [6.45, 7) is 1.95. The van der Waals surface area contributed by atoms with Crippen LogP contribution in [0, 0.1) is 6.92 Å². The van der Waals surface area contributed by atoms with Gasteiger partial charge in [-0.15, -0.1) is 0 Å². The number of carbonyl (C=O) groups excluding carboxylic acids is 1. The van der Waals surface area contributed by atoms with Gasteiger partial charge in [0.2, 0.25) is 6.41 Å². The molecule has 0 heterocycles. The van der Waals surface area contributed by atoms with E-state index in [9.17, 15) is 9.59 Å². The molecule has 1 aromatic rings. The fourth-order valence-electron chi connectivity index (χ4n) is 1.99. The van der Waals surface area contributed by atoms with E-state index in [-0.39, 0.29) is 12.5 Å². The van der Waals surface area contributed by atoms with E-state index in [1.807, 2.05) is 25.1 Å². The van der Waals surface area contributed by atoms with Gasteiger partial charge in [-0.2, -0.15) is 0 Å². The maximum Gasteiger partial charge on any atom is 0.303 e. The molecule has 1 aromatic carbocycles. The average Bonchev–Trinajstić information content (AvgIpc) is 2.36. The molecule has 19 heavy (non-hydrogen) atoms. The Hall–Kier alpha value is -2.04. The van der Waals surface area contributed by atoms with Gasteiger partial charge in [0.1, 0.15) is 5.75 Å². The molecule has 0 radical (unpaired) electrons. The molecule has 0 aromatic heterocycles. The summed E-state index contributed by atoms with van der Waals surface area (Å²) in [4.78, 5) is 21.1. The number of amides is 1. The smallest absolute Gasteiger partial charge is 0.303 e. The van der Waals surface area contributed by atoms with Crippen molar-refractivity contribution >= 4 is 12.4 Å². The molecule has 2 N–H and O–H groups in total. The molecule has 1 amide bonds. The first kappa shape index (κ1) is 15.0. The number of methoxy groups -OCH3 is 1. The largest absolute Gasteiger partial charge is 0.496 e. The van der Waals surface area contributed by atoms with Crippen LogP contribution in [0.2, 0.25) is 0 Å². The molecule has 1 atom stereocenters. The molecular formula is C14H19NO4. The number of nitrogens with one attached hydrogen (secondary N) is 1. The summed E-state index contributed by atoms with van der Waals surface area (Å²) >= 11 is 0. The van der Waals surface area contributed by atoms with Crippen LogP contribution in [0.25, 0.3) is 0 Å². The van der Waals surface area contributed by atoms with Gasteiger partial charge in [-0.3, -0.25) is 9.59 Å². The number of hydrogen-bond acceptors (Lipinski definition) is 3. The van der Waals surface area contributed by atoms with Gasteiger partial charge in [-0.05, 0) is 37.0 Å². The molecule has 0 saturated carbocycles. The molecular weight excluding hydrogens is 246 g/mol. The van der Waals surface area contributed by atoms with Gasteiger partial charge in [0.15, 0.2) is 0 Å². The van der Waals surface area contributed by atoms with E-state index in [0.717, 1.165) is 16.9 Å². The number of carboxylic acids is 1. The fraction of sp³-hybridized carbons (Fsp3) is 0.429. The first-order chi connectivity index (χ1) is 9.06. The first-order valence-electron chi connectivity index (χ1n) is 6.11. The minimum Gasteiger partial charge on any atom is -0.496 e. The van der Waals surface area contributed by atoms with Crippen molar-refractivity contribution in [1.82, 2.24) is 5.32 Å². The molecule has 0 aliphatic rings. The number of aliphatic carboxylic acids is 1. The maximum absolute atomic E-state index is 10.6. The number of hydrogen-bond donors (Lipinski definition) is 2. The van der Waals surface area contributed by atoms with Crippen LogP contribution >= 0.6 is 0 Å². The Bertz CT molecular complexity index is 445. The molecule has 0 bridgehead atoms. The highest BCUT2D eigenvalue weighted by Gasteiger charge is 2.11. The quantitative estimate of drug-likeness (QED) is 0.699. The highest BCUT2D eigenvalue weighted by molar-refractivity contribution is 5.66. The molecule has 0 saturated heterocycles. The van der Waals surface area contributed by atoms with Crippen molar-refractivity contribution in [3.63, 3.8) is 0 Å². The molecule has 0 aliphatic heterocycles. The van der Waals surface area contributed by atoms with Crippen molar-refractivity contribution in [3.8, 4) is 5.75 Å². The zero-order valence-electron chi connectivity index (χ0n) is 11.2. The van der Waals surface area contributed by atoms with E-state index in [4.69, 9.17) is 9.84 Å². The van der Waals surface area contributed by atoms with Crippen LogP contribution in [0.3, 0.4) is 0 Å². The normalized spacial score (nSPS) is 11.7. The summed E-state index contributed by atoms with van der Waals surface area (Å²) in [7, 11) is 1.62. The Morgan fingerprint density at radius 3 is 2.79 bits per heavy atom. The third kappa shape index (κ3) is 4.99. The number of ether oxygens (including phenoxy) is 1. The predicted molar refractivity (Wildman–Crippen MR) is 71.3 cm³/mol.